The lowest BCUT2D eigenvalue weighted by atomic mass is 9.69. The third-order valence-corrected chi connectivity index (χ3v) is 5.28. The zero-order valence-electron chi connectivity index (χ0n) is 14.4. The Kier molecular flexibility index (Phi) is 6.29. The molecule has 2 rings (SSSR count). The van der Waals surface area contributed by atoms with E-state index >= 15 is 0 Å². The van der Waals surface area contributed by atoms with E-state index in [4.69, 9.17) is 0 Å². The largest absolute Gasteiger partial charge is 0.317 e. The number of benzene rings is 1. The van der Waals surface area contributed by atoms with Crippen molar-refractivity contribution in [2.75, 3.05) is 13.1 Å². The van der Waals surface area contributed by atoms with Gasteiger partial charge in [0.25, 0.3) is 0 Å². The summed E-state index contributed by atoms with van der Waals surface area (Å²) in [6, 6.07) is 7.07. The van der Waals surface area contributed by atoms with Gasteiger partial charge in [-0.1, -0.05) is 56.9 Å². The maximum absolute atomic E-state index is 3.60. The van der Waals surface area contributed by atoms with E-state index in [1.54, 1.807) is 5.56 Å². The molecule has 1 aromatic rings. The Morgan fingerprint density at radius 1 is 1.14 bits per heavy atom. The summed E-state index contributed by atoms with van der Waals surface area (Å²) >= 11 is 0. The van der Waals surface area contributed by atoms with Gasteiger partial charge in [-0.3, -0.25) is 0 Å². The van der Waals surface area contributed by atoms with Crippen LogP contribution in [0.25, 0.3) is 0 Å². The maximum Gasteiger partial charge on any atom is -0.00148 e. The Balaban J connectivity index is 2.18. The third kappa shape index (κ3) is 4.32. The Labute approximate surface area is 131 Å². The Morgan fingerprint density at radius 3 is 2.62 bits per heavy atom. The van der Waals surface area contributed by atoms with Gasteiger partial charge in [0.1, 0.15) is 0 Å². The van der Waals surface area contributed by atoms with E-state index < -0.39 is 0 Å². The maximum atomic E-state index is 3.60. The van der Waals surface area contributed by atoms with Crippen LogP contribution in [0.2, 0.25) is 0 Å². The van der Waals surface area contributed by atoms with Crippen LogP contribution in [-0.2, 0) is 0 Å². The zero-order valence-corrected chi connectivity index (χ0v) is 14.4. The smallest absolute Gasteiger partial charge is 0.00148 e. The normalized spacial score (nSPS) is 26.0. The minimum Gasteiger partial charge on any atom is -0.317 e. The van der Waals surface area contributed by atoms with E-state index in [2.05, 4.69) is 51.2 Å². The van der Waals surface area contributed by atoms with Gasteiger partial charge in [-0.2, -0.15) is 0 Å². The molecule has 1 aromatic carbocycles. The van der Waals surface area contributed by atoms with Gasteiger partial charge in [0.05, 0.1) is 0 Å². The van der Waals surface area contributed by atoms with E-state index in [1.165, 1.54) is 49.8 Å². The lowest BCUT2D eigenvalue weighted by Gasteiger charge is -2.37. The Morgan fingerprint density at radius 2 is 1.95 bits per heavy atom. The molecule has 21 heavy (non-hydrogen) atoms. The van der Waals surface area contributed by atoms with Crippen LogP contribution in [0.4, 0.5) is 0 Å². The fourth-order valence-electron chi connectivity index (χ4n) is 4.19. The van der Waals surface area contributed by atoms with Crippen LogP contribution in [0.5, 0.6) is 0 Å². The molecule has 0 bridgehead atoms. The Hall–Kier alpha value is -0.820. The van der Waals surface area contributed by atoms with E-state index in [-0.39, 0.29) is 0 Å². The SMILES string of the molecule is CCCC1CCC(CNCC)C(c2ccc(C)cc2C)C1. The Bertz CT molecular complexity index is 437. The molecule has 118 valence electrons. The molecule has 1 aliphatic carbocycles. The third-order valence-electron chi connectivity index (χ3n) is 5.28. The highest BCUT2D eigenvalue weighted by Crippen LogP contribution is 2.43. The highest BCUT2D eigenvalue weighted by molar-refractivity contribution is 5.34. The summed E-state index contributed by atoms with van der Waals surface area (Å²) in [5.74, 6) is 2.52. The molecule has 0 radical (unpaired) electrons. The number of hydrogen-bond acceptors (Lipinski definition) is 1. The summed E-state index contributed by atoms with van der Waals surface area (Å²) in [6.07, 6.45) is 6.98. The highest BCUT2D eigenvalue weighted by atomic mass is 14.8. The molecule has 1 N–H and O–H groups in total. The molecule has 1 aliphatic rings. The minimum atomic E-state index is 0.759. The first kappa shape index (κ1) is 16.5. The lowest BCUT2D eigenvalue weighted by Crippen LogP contribution is -2.32. The molecular formula is C20H33N. The van der Waals surface area contributed by atoms with Gasteiger partial charge in [0.15, 0.2) is 0 Å². The summed E-state index contributed by atoms with van der Waals surface area (Å²) in [5, 5.41) is 3.60. The van der Waals surface area contributed by atoms with Crippen LogP contribution in [0.1, 0.15) is 68.6 Å². The van der Waals surface area contributed by atoms with E-state index in [9.17, 15) is 0 Å². The molecule has 0 amide bonds. The van der Waals surface area contributed by atoms with Crippen molar-refractivity contribution in [1.82, 2.24) is 5.32 Å². The quantitative estimate of drug-likeness (QED) is 0.757. The van der Waals surface area contributed by atoms with Crippen molar-refractivity contribution >= 4 is 0 Å². The van der Waals surface area contributed by atoms with Gasteiger partial charge in [0, 0.05) is 0 Å². The van der Waals surface area contributed by atoms with Crippen LogP contribution >= 0.6 is 0 Å². The van der Waals surface area contributed by atoms with Crippen LogP contribution in [0.15, 0.2) is 18.2 Å². The second kappa shape index (κ2) is 7.98. The number of nitrogens with one attached hydrogen (secondary N) is 1. The molecule has 0 aliphatic heterocycles. The summed E-state index contributed by atoms with van der Waals surface area (Å²) in [4.78, 5) is 0. The molecule has 0 spiro atoms. The molecule has 1 saturated carbocycles. The standard InChI is InChI=1S/C20H33N/c1-5-7-17-9-10-18(14-21-6-2)20(13-17)19-11-8-15(3)12-16(19)4/h8,11-12,17-18,20-21H,5-7,9-10,13-14H2,1-4H3. The fourth-order valence-corrected chi connectivity index (χ4v) is 4.19. The second-order valence-corrected chi connectivity index (χ2v) is 7.00. The van der Waals surface area contributed by atoms with Gasteiger partial charge < -0.3 is 5.32 Å². The van der Waals surface area contributed by atoms with Crippen LogP contribution < -0.4 is 5.32 Å². The molecule has 1 heteroatoms. The van der Waals surface area contributed by atoms with Crippen molar-refractivity contribution < 1.29 is 0 Å². The molecule has 0 aromatic heterocycles. The van der Waals surface area contributed by atoms with Crippen molar-refractivity contribution in [3.05, 3.63) is 34.9 Å². The van der Waals surface area contributed by atoms with Gasteiger partial charge in [-0.25, -0.2) is 0 Å². The van der Waals surface area contributed by atoms with Gasteiger partial charge in [-0.05, 0) is 68.7 Å². The average molecular weight is 287 g/mol. The van der Waals surface area contributed by atoms with E-state index in [1.807, 2.05) is 0 Å². The van der Waals surface area contributed by atoms with Crippen LogP contribution in [-0.4, -0.2) is 13.1 Å². The molecule has 1 fully saturated rings. The molecule has 3 unspecified atom stereocenters. The predicted octanol–water partition coefficient (Wildman–Crippen LogP) is 5.21. The molecule has 0 saturated heterocycles. The van der Waals surface area contributed by atoms with Gasteiger partial charge in [0.2, 0.25) is 0 Å². The van der Waals surface area contributed by atoms with Gasteiger partial charge in [-0.15, -0.1) is 0 Å². The van der Waals surface area contributed by atoms with E-state index in [0.29, 0.717) is 0 Å². The molecule has 0 heterocycles. The predicted molar refractivity (Wildman–Crippen MR) is 92.9 cm³/mol. The first-order chi connectivity index (χ1) is 10.2. The lowest BCUT2D eigenvalue weighted by molar-refractivity contribution is 0.220. The monoisotopic (exact) mass is 287 g/mol. The summed E-state index contributed by atoms with van der Waals surface area (Å²) in [7, 11) is 0. The van der Waals surface area contributed by atoms with E-state index in [0.717, 1.165) is 24.3 Å². The molecular weight excluding hydrogens is 254 g/mol. The van der Waals surface area contributed by atoms with Crippen molar-refractivity contribution in [3.63, 3.8) is 0 Å². The number of rotatable bonds is 6. The molecule has 3 atom stereocenters. The summed E-state index contributed by atoms with van der Waals surface area (Å²) < 4.78 is 0. The van der Waals surface area contributed by atoms with Crippen molar-refractivity contribution in [1.29, 1.82) is 0 Å². The van der Waals surface area contributed by atoms with Crippen LogP contribution in [0.3, 0.4) is 0 Å². The average Bonchev–Trinajstić information content (AvgIpc) is 2.46. The van der Waals surface area contributed by atoms with Crippen LogP contribution in [0, 0.1) is 25.7 Å². The van der Waals surface area contributed by atoms with Gasteiger partial charge >= 0.3 is 0 Å². The molecule has 1 nitrogen and oxygen atoms in total. The summed E-state index contributed by atoms with van der Waals surface area (Å²) in [5.41, 5.74) is 4.50. The topological polar surface area (TPSA) is 12.0 Å². The first-order valence-electron chi connectivity index (χ1n) is 8.93. The zero-order chi connectivity index (χ0) is 15.2. The first-order valence-corrected chi connectivity index (χ1v) is 8.93. The number of aryl methyl sites for hydroxylation is 2. The summed E-state index contributed by atoms with van der Waals surface area (Å²) in [6.45, 7) is 11.3. The van der Waals surface area contributed by atoms with Crippen molar-refractivity contribution in [2.24, 2.45) is 11.8 Å². The second-order valence-electron chi connectivity index (χ2n) is 7.00. The van der Waals surface area contributed by atoms with Crippen molar-refractivity contribution in [3.8, 4) is 0 Å². The van der Waals surface area contributed by atoms with Crippen molar-refractivity contribution in [2.45, 2.75) is 65.7 Å². The highest BCUT2D eigenvalue weighted by Gasteiger charge is 2.31. The fraction of sp³-hybridized carbons (Fsp3) is 0.700. The minimum absolute atomic E-state index is 0.759. The number of hydrogen-bond donors (Lipinski definition) is 1.